The summed E-state index contributed by atoms with van der Waals surface area (Å²) in [7, 11) is 0. The zero-order valence-corrected chi connectivity index (χ0v) is 13.8. The lowest BCUT2D eigenvalue weighted by atomic mass is 10.1. The topological polar surface area (TPSA) is 214 Å². The van der Waals surface area contributed by atoms with Crippen molar-refractivity contribution in [3.63, 3.8) is 0 Å². The maximum absolute atomic E-state index is 12.0. The van der Waals surface area contributed by atoms with Gasteiger partial charge < -0.3 is 37.6 Å². The zero-order chi connectivity index (χ0) is 19.7. The molecule has 9 N–H and O–H groups in total. The molecule has 0 bridgehead atoms. The normalized spacial score (nSPS) is 15.2. The van der Waals surface area contributed by atoms with Gasteiger partial charge in [0.1, 0.15) is 18.6 Å². The summed E-state index contributed by atoms with van der Waals surface area (Å²) in [6.07, 6.45) is -1.73. The van der Waals surface area contributed by atoms with Crippen molar-refractivity contribution in [1.29, 1.82) is 0 Å². The molecule has 0 aromatic carbocycles. The number of rotatable bonds is 10. The standard InChI is InChI=1S/C13H23N5O7/c1-5(17-12(24)7(14)3-8(15)20)11(23)18-10(6(2)19)13(25)16-4-9(21)22/h5-7,10,19H,3-4,14H2,1-2H3,(H2,15,20)(H,16,25)(H,17,24)(H,18,23)(H,21,22)/t5-,6+,7-,10-/m0/s1. The molecule has 0 radical (unpaired) electrons. The Kier molecular flexibility index (Phi) is 9.09. The van der Waals surface area contributed by atoms with Crippen LogP contribution in [0.2, 0.25) is 0 Å². The van der Waals surface area contributed by atoms with E-state index in [-0.39, 0.29) is 0 Å². The molecule has 0 heterocycles. The number of aliphatic hydroxyl groups excluding tert-OH is 1. The number of aliphatic carboxylic acids is 1. The fourth-order valence-electron chi connectivity index (χ4n) is 1.65. The van der Waals surface area contributed by atoms with Crippen LogP contribution in [-0.2, 0) is 24.0 Å². The van der Waals surface area contributed by atoms with Crippen LogP contribution in [0.25, 0.3) is 0 Å². The maximum atomic E-state index is 12.0. The fraction of sp³-hybridized carbons (Fsp3) is 0.615. The van der Waals surface area contributed by atoms with Crippen molar-refractivity contribution >= 4 is 29.6 Å². The Balaban J connectivity index is 4.73. The van der Waals surface area contributed by atoms with E-state index in [1.165, 1.54) is 13.8 Å². The van der Waals surface area contributed by atoms with Crippen LogP contribution in [0.1, 0.15) is 20.3 Å². The Labute approximate surface area is 143 Å². The predicted molar refractivity (Wildman–Crippen MR) is 83.6 cm³/mol. The number of aliphatic hydroxyl groups is 1. The van der Waals surface area contributed by atoms with Crippen LogP contribution < -0.4 is 27.4 Å². The van der Waals surface area contributed by atoms with Gasteiger partial charge >= 0.3 is 5.97 Å². The number of nitrogens with two attached hydrogens (primary N) is 2. The van der Waals surface area contributed by atoms with E-state index in [0.29, 0.717) is 0 Å². The van der Waals surface area contributed by atoms with Crippen LogP contribution in [0.15, 0.2) is 0 Å². The van der Waals surface area contributed by atoms with E-state index >= 15 is 0 Å². The third-order valence-electron chi connectivity index (χ3n) is 2.99. The summed E-state index contributed by atoms with van der Waals surface area (Å²) in [4.78, 5) is 56.7. The SMILES string of the molecule is C[C@H](NC(=O)[C@@H](N)CC(N)=O)C(=O)N[C@H](C(=O)NCC(=O)O)[C@@H](C)O. The van der Waals surface area contributed by atoms with Gasteiger partial charge in [-0.15, -0.1) is 0 Å². The molecule has 4 atom stereocenters. The van der Waals surface area contributed by atoms with E-state index in [1.54, 1.807) is 0 Å². The Morgan fingerprint density at radius 2 is 1.56 bits per heavy atom. The highest BCUT2D eigenvalue weighted by molar-refractivity contribution is 5.94. The van der Waals surface area contributed by atoms with E-state index in [4.69, 9.17) is 16.6 Å². The first kappa shape index (κ1) is 22.3. The predicted octanol–water partition coefficient (Wildman–Crippen LogP) is -4.24. The number of carboxylic acids is 1. The van der Waals surface area contributed by atoms with E-state index < -0.39 is 66.8 Å². The van der Waals surface area contributed by atoms with Gasteiger partial charge in [-0.1, -0.05) is 0 Å². The first-order valence-electron chi connectivity index (χ1n) is 7.27. The summed E-state index contributed by atoms with van der Waals surface area (Å²) in [5, 5.41) is 24.5. The third kappa shape index (κ3) is 8.62. The lowest BCUT2D eigenvalue weighted by Crippen LogP contribution is -2.58. The smallest absolute Gasteiger partial charge is 0.322 e. The van der Waals surface area contributed by atoms with Gasteiger partial charge in [0.2, 0.25) is 23.6 Å². The molecule has 25 heavy (non-hydrogen) atoms. The molecule has 0 aromatic rings. The van der Waals surface area contributed by atoms with Gasteiger partial charge in [-0.3, -0.25) is 24.0 Å². The number of hydrogen-bond acceptors (Lipinski definition) is 7. The molecule has 0 rings (SSSR count). The van der Waals surface area contributed by atoms with Crippen molar-refractivity contribution in [3.8, 4) is 0 Å². The molecule has 4 amide bonds. The summed E-state index contributed by atoms with van der Waals surface area (Å²) in [5.74, 6) is -4.62. The molecule has 0 aliphatic rings. The van der Waals surface area contributed by atoms with Crippen LogP contribution in [0, 0.1) is 0 Å². The highest BCUT2D eigenvalue weighted by Gasteiger charge is 2.29. The van der Waals surface area contributed by atoms with Crippen molar-refractivity contribution in [2.75, 3.05) is 6.54 Å². The van der Waals surface area contributed by atoms with Gasteiger partial charge in [-0.25, -0.2) is 0 Å². The lowest BCUT2D eigenvalue weighted by molar-refractivity contribution is -0.139. The molecule has 0 saturated heterocycles. The van der Waals surface area contributed by atoms with E-state index in [9.17, 15) is 29.1 Å². The average Bonchev–Trinajstić information content (AvgIpc) is 2.48. The van der Waals surface area contributed by atoms with Crippen molar-refractivity contribution in [2.45, 2.75) is 44.5 Å². The number of primary amides is 1. The van der Waals surface area contributed by atoms with Crippen LogP contribution in [0.3, 0.4) is 0 Å². The van der Waals surface area contributed by atoms with Crippen molar-refractivity contribution in [2.24, 2.45) is 11.5 Å². The molecule has 0 saturated carbocycles. The van der Waals surface area contributed by atoms with Crippen LogP contribution in [0.5, 0.6) is 0 Å². The van der Waals surface area contributed by atoms with Gasteiger partial charge in [-0.2, -0.15) is 0 Å². The third-order valence-corrected chi connectivity index (χ3v) is 2.99. The van der Waals surface area contributed by atoms with Crippen LogP contribution >= 0.6 is 0 Å². The summed E-state index contributed by atoms with van der Waals surface area (Å²) >= 11 is 0. The molecular weight excluding hydrogens is 338 g/mol. The molecule has 0 aliphatic carbocycles. The first-order valence-corrected chi connectivity index (χ1v) is 7.27. The highest BCUT2D eigenvalue weighted by Crippen LogP contribution is 1.96. The Bertz CT molecular complexity index is 537. The number of carbonyl (C=O) groups excluding carboxylic acids is 4. The number of carbonyl (C=O) groups is 5. The molecule has 12 heteroatoms. The average molecular weight is 361 g/mol. The van der Waals surface area contributed by atoms with Gasteiger partial charge in [0, 0.05) is 0 Å². The minimum absolute atomic E-state index is 0.409. The molecule has 0 aliphatic heterocycles. The van der Waals surface area contributed by atoms with Crippen LogP contribution in [-0.4, -0.2) is 70.6 Å². The largest absolute Gasteiger partial charge is 0.480 e. The quantitative estimate of drug-likeness (QED) is 0.202. The second-order valence-electron chi connectivity index (χ2n) is 5.35. The molecular formula is C13H23N5O7. The van der Waals surface area contributed by atoms with E-state index in [0.717, 1.165) is 0 Å². The minimum atomic E-state index is -1.43. The van der Waals surface area contributed by atoms with E-state index in [2.05, 4.69) is 10.6 Å². The molecule has 142 valence electrons. The monoisotopic (exact) mass is 361 g/mol. The zero-order valence-electron chi connectivity index (χ0n) is 13.8. The minimum Gasteiger partial charge on any atom is -0.480 e. The molecule has 0 unspecified atom stereocenters. The lowest BCUT2D eigenvalue weighted by Gasteiger charge is -2.23. The molecule has 0 aromatic heterocycles. The summed E-state index contributed by atoms with van der Waals surface area (Å²) in [5.41, 5.74) is 10.3. The van der Waals surface area contributed by atoms with Crippen LogP contribution in [0.4, 0.5) is 0 Å². The fourth-order valence-corrected chi connectivity index (χ4v) is 1.65. The second-order valence-corrected chi connectivity index (χ2v) is 5.35. The molecule has 12 nitrogen and oxygen atoms in total. The summed E-state index contributed by atoms with van der Waals surface area (Å²) in [6, 6.07) is -3.80. The van der Waals surface area contributed by atoms with Gasteiger partial charge in [-0.05, 0) is 13.8 Å². The van der Waals surface area contributed by atoms with E-state index in [1.807, 2.05) is 5.32 Å². The molecule has 0 spiro atoms. The van der Waals surface area contributed by atoms with Gasteiger partial charge in [0.15, 0.2) is 0 Å². The Hall–Kier alpha value is -2.73. The van der Waals surface area contributed by atoms with Crippen molar-refractivity contribution in [1.82, 2.24) is 16.0 Å². The molecule has 0 fully saturated rings. The Morgan fingerprint density at radius 3 is 2.00 bits per heavy atom. The highest BCUT2D eigenvalue weighted by atomic mass is 16.4. The number of amides is 4. The number of nitrogens with one attached hydrogen (secondary N) is 3. The van der Waals surface area contributed by atoms with Crippen molar-refractivity contribution < 1.29 is 34.2 Å². The summed E-state index contributed by atoms with van der Waals surface area (Å²) in [6.45, 7) is 1.82. The maximum Gasteiger partial charge on any atom is 0.322 e. The van der Waals surface area contributed by atoms with Gasteiger partial charge in [0.05, 0.1) is 18.6 Å². The van der Waals surface area contributed by atoms with Crippen molar-refractivity contribution in [3.05, 3.63) is 0 Å². The first-order chi connectivity index (χ1) is 11.5. The Morgan fingerprint density at radius 1 is 1.00 bits per heavy atom. The van der Waals surface area contributed by atoms with Gasteiger partial charge in [0.25, 0.3) is 0 Å². The summed E-state index contributed by atoms with van der Waals surface area (Å²) < 4.78 is 0. The number of hydrogen-bond donors (Lipinski definition) is 7. The number of carboxylic acid groups (broad SMARTS) is 1. The second kappa shape index (κ2) is 10.2.